The first kappa shape index (κ1) is 25.1. The maximum atomic E-state index is 13.6. The summed E-state index contributed by atoms with van der Waals surface area (Å²) in [6, 6.07) is 23.5. The van der Waals surface area contributed by atoms with E-state index in [1.54, 1.807) is 18.1 Å². The van der Waals surface area contributed by atoms with Crippen LogP contribution in [-0.4, -0.2) is 50.4 Å². The predicted molar refractivity (Wildman–Crippen MR) is 147 cm³/mol. The number of benzene rings is 3. The van der Waals surface area contributed by atoms with Gasteiger partial charge in [-0.3, -0.25) is 4.79 Å². The van der Waals surface area contributed by atoms with E-state index in [-0.39, 0.29) is 12.0 Å². The van der Waals surface area contributed by atoms with Gasteiger partial charge in [-0.1, -0.05) is 24.3 Å². The Bertz CT molecular complexity index is 1470. The molecule has 1 saturated heterocycles. The van der Waals surface area contributed by atoms with Gasteiger partial charge in [-0.2, -0.15) is 0 Å². The second-order valence-corrected chi connectivity index (χ2v) is 9.85. The summed E-state index contributed by atoms with van der Waals surface area (Å²) in [6.45, 7) is 4.50. The minimum Gasteiger partial charge on any atom is -0.497 e. The molecule has 2 aliphatic rings. The normalized spacial score (nSPS) is 16.8. The number of furan rings is 1. The molecule has 0 radical (unpaired) electrons. The van der Waals surface area contributed by atoms with Gasteiger partial charge in [0.1, 0.15) is 24.2 Å². The summed E-state index contributed by atoms with van der Waals surface area (Å²) < 4.78 is 29.4. The molecule has 1 fully saturated rings. The molecule has 0 saturated carbocycles. The van der Waals surface area contributed by atoms with Crippen LogP contribution in [0.3, 0.4) is 0 Å². The van der Waals surface area contributed by atoms with Crippen LogP contribution in [0.25, 0.3) is 22.5 Å². The lowest BCUT2D eigenvalue weighted by Gasteiger charge is -2.21. The molecule has 4 aromatic rings. The first-order valence-electron chi connectivity index (χ1n) is 13.2. The lowest BCUT2D eigenvalue weighted by molar-refractivity contribution is 0.0701. The van der Waals surface area contributed by atoms with E-state index in [4.69, 9.17) is 23.4 Å². The average Bonchev–Trinajstić information content (AvgIpc) is 3.62. The molecule has 2 aliphatic heterocycles. The van der Waals surface area contributed by atoms with Crippen molar-refractivity contribution in [3.63, 3.8) is 0 Å². The van der Waals surface area contributed by atoms with Crippen molar-refractivity contribution < 1.29 is 28.2 Å². The molecular weight excluding hydrogens is 494 g/mol. The van der Waals surface area contributed by atoms with Gasteiger partial charge in [0.2, 0.25) is 0 Å². The molecule has 39 heavy (non-hydrogen) atoms. The molecule has 1 aromatic heterocycles. The number of methoxy groups -OCH3 is 1. The van der Waals surface area contributed by atoms with E-state index < -0.39 is 0 Å². The van der Waals surface area contributed by atoms with Gasteiger partial charge in [0.25, 0.3) is 5.91 Å². The Balaban J connectivity index is 1.31. The van der Waals surface area contributed by atoms with Crippen molar-refractivity contribution in [2.75, 3.05) is 33.5 Å². The summed E-state index contributed by atoms with van der Waals surface area (Å²) in [4.78, 5) is 15.4. The fourth-order valence-corrected chi connectivity index (χ4v) is 5.10. The zero-order valence-electron chi connectivity index (χ0n) is 22.1. The molecular formula is C32H31NO6. The van der Waals surface area contributed by atoms with Crippen molar-refractivity contribution in [1.82, 2.24) is 4.90 Å². The average molecular weight is 526 g/mol. The highest BCUT2D eigenvalue weighted by Crippen LogP contribution is 2.40. The largest absolute Gasteiger partial charge is 0.497 e. The lowest BCUT2D eigenvalue weighted by Crippen LogP contribution is -2.32. The fourth-order valence-electron chi connectivity index (χ4n) is 5.10. The Morgan fingerprint density at radius 2 is 1.82 bits per heavy atom. The van der Waals surface area contributed by atoms with Crippen LogP contribution in [0, 0.1) is 6.92 Å². The number of amides is 1. The van der Waals surface area contributed by atoms with Crippen LogP contribution >= 0.6 is 0 Å². The Labute approximate surface area is 227 Å². The predicted octanol–water partition coefficient (Wildman–Crippen LogP) is 6.13. The SMILES string of the molecule is COc1ccc(-c2ccc(C(=O)N3CCOc4c(cc(-c5ccccc5C)cc4OC4CCOC4)C3)o2)cc1. The second-order valence-electron chi connectivity index (χ2n) is 9.85. The maximum Gasteiger partial charge on any atom is 0.290 e. The standard InChI is InChI=1S/C32H31NO6/c1-21-5-3-4-6-27(21)23-17-24-19-33(14-16-37-31(24)30(18-23)38-26-13-15-36-20-26)32(34)29-12-11-28(39-29)22-7-9-25(35-2)10-8-22/h3-12,17-18,26H,13-16,19-20H2,1-2H3. The van der Waals surface area contributed by atoms with Crippen LogP contribution in [-0.2, 0) is 11.3 Å². The molecule has 7 nitrogen and oxygen atoms in total. The number of carbonyl (C=O) groups is 1. The van der Waals surface area contributed by atoms with Crippen molar-refractivity contribution in [1.29, 1.82) is 0 Å². The highest BCUT2D eigenvalue weighted by atomic mass is 16.6. The minimum atomic E-state index is -0.181. The first-order chi connectivity index (χ1) is 19.1. The van der Waals surface area contributed by atoms with Gasteiger partial charge in [-0.15, -0.1) is 0 Å². The van der Waals surface area contributed by atoms with Gasteiger partial charge in [-0.05, 0) is 72.1 Å². The molecule has 1 atom stereocenters. The molecule has 0 N–H and O–H groups in total. The van der Waals surface area contributed by atoms with Crippen LogP contribution in [0.5, 0.6) is 17.2 Å². The summed E-state index contributed by atoms with van der Waals surface area (Å²) in [5, 5.41) is 0. The highest BCUT2D eigenvalue weighted by molar-refractivity contribution is 5.92. The summed E-state index contributed by atoms with van der Waals surface area (Å²) in [6.07, 6.45) is 0.813. The van der Waals surface area contributed by atoms with Crippen LogP contribution in [0.2, 0.25) is 0 Å². The Morgan fingerprint density at radius 1 is 0.974 bits per heavy atom. The minimum absolute atomic E-state index is 0.0229. The second kappa shape index (κ2) is 10.9. The van der Waals surface area contributed by atoms with E-state index in [0.717, 1.165) is 40.0 Å². The number of hydrogen-bond donors (Lipinski definition) is 0. The van der Waals surface area contributed by atoms with Crippen molar-refractivity contribution in [2.24, 2.45) is 0 Å². The summed E-state index contributed by atoms with van der Waals surface area (Å²) >= 11 is 0. The molecule has 7 heteroatoms. The number of carbonyl (C=O) groups excluding carboxylic acids is 1. The van der Waals surface area contributed by atoms with Gasteiger partial charge >= 0.3 is 0 Å². The third kappa shape index (κ3) is 5.22. The summed E-state index contributed by atoms with van der Waals surface area (Å²) in [5.41, 5.74) is 5.08. The van der Waals surface area contributed by atoms with Gasteiger partial charge in [-0.25, -0.2) is 0 Å². The zero-order chi connectivity index (χ0) is 26.8. The quantitative estimate of drug-likeness (QED) is 0.302. The van der Waals surface area contributed by atoms with Crippen LogP contribution in [0.4, 0.5) is 0 Å². The maximum absolute atomic E-state index is 13.6. The Hall–Kier alpha value is -4.23. The first-order valence-corrected chi connectivity index (χ1v) is 13.2. The molecule has 0 bridgehead atoms. The van der Waals surface area contributed by atoms with Crippen LogP contribution in [0.1, 0.15) is 28.1 Å². The van der Waals surface area contributed by atoms with E-state index in [1.807, 2.05) is 48.5 Å². The summed E-state index contributed by atoms with van der Waals surface area (Å²) in [5.74, 6) is 2.88. The highest BCUT2D eigenvalue weighted by Gasteiger charge is 2.28. The van der Waals surface area contributed by atoms with Gasteiger partial charge in [0.05, 0.1) is 33.4 Å². The number of rotatable bonds is 6. The van der Waals surface area contributed by atoms with Crippen LogP contribution < -0.4 is 14.2 Å². The molecule has 6 rings (SSSR count). The monoisotopic (exact) mass is 525 g/mol. The molecule has 3 heterocycles. The molecule has 0 spiro atoms. The van der Waals surface area contributed by atoms with Gasteiger partial charge < -0.3 is 28.3 Å². The zero-order valence-corrected chi connectivity index (χ0v) is 22.1. The molecule has 1 amide bonds. The van der Waals surface area contributed by atoms with E-state index >= 15 is 0 Å². The number of nitrogens with zero attached hydrogens (tertiary/aromatic N) is 1. The molecule has 1 unspecified atom stereocenters. The third-order valence-electron chi connectivity index (χ3n) is 7.22. The number of aryl methyl sites for hydroxylation is 1. The Morgan fingerprint density at radius 3 is 2.59 bits per heavy atom. The van der Waals surface area contributed by atoms with E-state index in [1.165, 1.54) is 0 Å². The van der Waals surface area contributed by atoms with Crippen molar-refractivity contribution in [3.8, 4) is 39.7 Å². The molecule has 3 aromatic carbocycles. The summed E-state index contributed by atoms with van der Waals surface area (Å²) in [7, 11) is 1.63. The molecule has 0 aliphatic carbocycles. The van der Waals surface area contributed by atoms with Crippen molar-refractivity contribution >= 4 is 5.91 Å². The smallest absolute Gasteiger partial charge is 0.290 e. The van der Waals surface area contributed by atoms with Crippen molar-refractivity contribution in [3.05, 3.63) is 89.7 Å². The van der Waals surface area contributed by atoms with E-state index in [0.29, 0.717) is 55.9 Å². The van der Waals surface area contributed by atoms with E-state index in [2.05, 4.69) is 25.1 Å². The topological polar surface area (TPSA) is 70.4 Å². The number of hydrogen-bond acceptors (Lipinski definition) is 6. The van der Waals surface area contributed by atoms with Gasteiger partial charge in [0.15, 0.2) is 17.3 Å². The Kier molecular flexibility index (Phi) is 6.99. The number of fused-ring (bicyclic) bond motifs is 1. The van der Waals surface area contributed by atoms with Crippen LogP contribution in [0.15, 0.2) is 77.2 Å². The third-order valence-corrected chi connectivity index (χ3v) is 7.22. The van der Waals surface area contributed by atoms with Gasteiger partial charge in [0, 0.05) is 17.5 Å². The van der Waals surface area contributed by atoms with Crippen molar-refractivity contribution in [2.45, 2.75) is 26.0 Å². The number of ether oxygens (including phenoxy) is 4. The lowest BCUT2D eigenvalue weighted by atomic mass is 9.97. The van der Waals surface area contributed by atoms with E-state index in [9.17, 15) is 4.79 Å². The fraction of sp³-hybridized carbons (Fsp3) is 0.281. The molecule has 200 valence electrons.